The van der Waals surface area contributed by atoms with Crippen molar-refractivity contribution in [1.82, 2.24) is 9.88 Å². The van der Waals surface area contributed by atoms with Crippen molar-refractivity contribution in [2.75, 3.05) is 7.11 Å². The number of hydrogen-bond acceptors (Lipinski definition) is 5. The number of benzene rings is 1. The number of amides is 1. The number of halogens is 3. The number of rotatable bonds is 7. The predicted octanol–water partition coefficient (Wildman–Crippen LogP) is 4.03. The molecule has 0 saturated heterocycles. The van der Waals surface area contributed by atoms with Gasteiger partial charge in [0.25, 0.3) is 11.5 Å². The lowest BCUT2D eigenvalue weighted by molar-refractivity contribution is -0.141. The van der Waals surface area contributed by atoms with E-state index < -0.39 is 35.1 Å². The lowest BCUT2D eigenvalue weighted by Gasteiger charge is -2.17. The molecular formula is C21H17BrF2N2O4S. The summed E-state index contributed by atoms with van der Waals surface area (Å²) in [6.45, 7) is -0.0411. The van der Waals surface area contributed by atoms with Crippen LogP contribution in [0.3, 0.4) is 0 Å². The molecular weight excluding hydrogens is 494 g/mol. The summed E-state index contributed by atoms with van der Waals surface area (Å²) in [5.74, 6) is -3.19. The molecule has 0 bridgehead atoms. The number of thiophene rings is 1. The number of aromatic nitrogens is 1. The molecule has 10 heteroatoms. The number of methoxy groups -OCH3 is 1. The zero-order chi connectivity index (χ0) is 22.5. The summed E-state index contributed by atoms with van der Waals surface area (Å²) in [6, 6.07) is 9.06. The van der Waals surface area contributed by atoms with Crippen LogP contribution in [0.15, 0.2) is 57.2 Å². The Hall–Kier alpha value is -2.85. The number of pyridine rings is 1. The van der Waals surface area contributed by atoms with Crippen LogP contribution in [0.4, 0.5) is 8.78 Å². The fraction of sp³-hybridized carbons (Fsp3) is 0.190. The number of hydrogen-bond donors (Lipinski definition) is 1. The molecule has 0 aliphatic carbocycles. The molecule has 1 aromatic carbocycles. The molecule has 6 nitrogen and oxygen atoms in total. The van der Waals surface area contributed by atoms with Crippen molar-refractivity contribution in [3.05, 3.63) is 90.4 Å². The SMILES string of the molecule is COC(=O)CC(NC(=O)c1cccn(Cc2ccc(F)c(F)c2)c1=O)c1ccc(Br)s1. The number of nitrogens with one attached hydrogen (secondary N) is 1. The Kier molecular flexibility index (Phi) is 7.34. The largest absolute Gasteiger partial charge is 0.469 e. The summed E-state index contributed by atoms with van der Waals surface area (Å²) in [5, 5.41) is 2.70. The first-order chi connectivity index (χ1) is 14.8. The Morgan fingerprint density at radius 3 is 2.61 bits per heavy atom. The van der Waals surface area contributed by atoms with Gasteiger partial charge in [-0.2, -0.15) is 0 Å². The highest BCUT2D eigenvalue weighted by Gasteiger charge is 2.23. The minimum absolute atomic E-state index is 0.0411. The van der Waals surface area contributed by atoms with Crippen LogP contribution >= 0.6 is 27.3 Å². The van der Waals surface area contributed by atoms with Crippen LogP contribution in [0.25, 0.3) is 0 Å². The number of carbonyl (C=O) groups is 2. The van der Waals surface area contributed by atoms with Crippen molar-refractivity contribution < 1.29 is 23.1 Å². The number of carbonyl (C=O) groups excluding carboxylic acids is 2. The average molecular weight is 511 g/mol. The Labute approximate surface area is 188 Å². The summed E-state index contributed by atoms with van der Waals surface area (Å²) >= 11 is 4.68. The molecule has 0 spiro atoms. The van der Waals surface area contributed by atoms with Crippen molar-refractivity contribution in [3.63, 3.8) is 0 Å². The van der Waals surface area contributed by atoms with Gasteiger partial charge in [0.05, 0.1) is 29.9 Å². The molecule has 1 unspecified atom stereocenters. The molecule has 0 fully saturated rings. The summed E-state index contributed by atoms with van der Waals surface area (Å²) in [5.41, 5.74) is -0.380. The zero-order valence-electron chi connectivity index (χ0n) is 16.2. The van der Waals surface area contributed by atoms with Gasteiger partial charge in [0.2, 0.25) is 0 Å². The summed E-state index contributed by atoms with van der Waals surface area (Å²) in [7, 11) is 1.25. The van der Waals surface area contributed by atoms with Crippen LogP contribution in [-0.2, 0) is 16.1 Å². The maximum Gasteiger partial charge on any atom is 0.307 e. The molecule has 2 heterocycles. The molecule has 3 rings (SSSR count). The van der Waals surface area contributed by atoms with Gasteiger partial charge in [0.15, 0.2) is 11.6 Å². The highest BCUT2D eigenvalue weighted by Crippen LogP contribution is 2.29. The van der Waals surface area contributed by atoms with Crippen LogP contribution in [0, 0.1) is 11.6 Å². The minimum atomic E-state index is -1.02. The zero-order valence-corrected chi connectivity index (χ0v) is 18.6. The van der Waals surface area contributed by atoms with E-state index in [1.54, 1.807) is 12.1 Å². The standard InChI is InChI=1S/C21H17BrF2N2O4S/c1-30-19(27)10-16(17-6-7-18(22)31-17)25-20(28)13-3-2-8-26(21(13)29)11-12-4-5-14(23)15(24)9-12/h2-9,16H,10-11H2,1H3,(H,25,28). The maximum atomic E-state index is 13.5. The van der Waals surface area contributed by atoms with Crippen molar-refractivity contribution in [2.45, 2.75) is 19.0 Å². The van der Waals surface area contributed by atoms with Crippen LogP contribution in [0.5, 0.6) is 0 Å². The molecule has 2 aromatic heterocycles. The van der Waals surface area contributed by atoms with Gasteiger partial charge >= 0.3 is 5.97 Å². The van der Waals surface area contributed by atoms with Crippen LogP contribution in [0.2, 0.25) is 0 Å². The molecule has 0 aliphatic rings. The third kappa shape index (κ3) is 5.65. The van der Waals surface area contributed by atoms with Crippen molar-refractivity contribution in [1.29, 1.82) is 0 Å². The second kappa shape index (κ2) is 9.97. The molecule has 162 valence electrons. The predicted molar refractivity (Wildman–Crippen MR) is 115 cm³/mol. The second-order valence-corrected chi connectivity index (χ2v) is 9.05. The molecule has 0 radical (unpaired) electrons. The van der Waals surface area contributed by atoms with E-state index in [-0.39, 0.29) is 18.5 Å². The number of esters is 1. The lowest BCUT2D eigenvalue weighted by Crippen LogP contribution is -2.35. The van der Waals surface area contributed by atoms with Gasteiger partial charge in [-0.15, -0.1) is 11.3 Å². The lowest BCUT2D eigenvalue weighted by atomic mass is 10.1. The maximum absolute atomic E-state index is 13.5. The van der Waals surface area contributed by atoms with Gasteiger partial charge in [-0.3, -0.25) is 14.4 Å². The van der Waals surface area contributed by atoms with Gasteiger partial charge in [-0.25, -0.2) is 8.78 Å². The Balaban J connectivity index is 1.84. The first kappa shape index (κ1) is 22.8. The number of ether oxygens (including phenoxy) is 1. The van der Waals surface area contributed by atoms with E-state index in [9.17, 15) is 23.2 Å². The highest BCUT2D eigenvalue weighted by molar-refractivity contribution is 9.11. The normalized spacial score (nSPS) is 11.7. The van der Waals surface area contributed by atoms with Gasteiger partial charge < -0.3 is 14.6 Å². The van der Waals surface area contributed by atoms with Crippen molar-refractivity contribution >= 4 is 39.1 Å². The van der Waals surface area contributed by atoms with Crippen LogP contribution < -0.4 is 10.9 Å². The van der Waals surface area contributed by atoms with E-state index in [1.165, 1.54) is 47.4 Å². The first-order valence-electron chi connectivity index (χ1n) is 9.04. The molecule has 1 N–H and O–H groups in total. The van der Waals surface area contributed by atoms with Gasteiger partial charge in [-0.1, -0.05) is 6.07 Å². The molecule has 1 amide bonds. The molecule has 1 atom stereocenters. The Bertz CT molecular complexity index is 1180. The Morgan fingerprint density at radius 1 is 1.19 bits per heavy atom. The fourth-order valence-electron chi connectivity index (χ4n) is 2.89. The van der Waals surface area contributed by atoms with Crippen LogP contribution in [0.1, 0.15) is 33.3 Å². The third-order valence-electron chi connectivity index (χ3n) is 4.44. The third-order valence-corrected chi connectivity index (χ3v) is 6.18. The first-order valence-corrected chi connectivity index (χ1v) is 10.7. The monoisotopic (exact) mass is 510 g/mol. The van der Waals surface area contributed by atoms with Crippen molar-refractivity contribution in [2.24, 2.45) is 0 Å². The topological polar surface area (TPSA) is 77.4 Å². The Morgan fingerprint density at radius 2 is 1.97 bits per heavy atom. The minimum Gasteiger partial charge on any atom is -0.469 e. The van der Waals surface area contributed by atoms with Crippen LogP contribution in [-0.4, -0.2) is 23.6 Å². The molecule has 3 aromatic rings. The van der Waals surface area contributed by atoms with E-state index in [1.807, 2.05) is 0 Å². The molecule has 31 heavy (non-hydrogen) atoms. The smallest absolute Gasteiger partial charge is 0.307 e. The van der Waals surface area contributed by atoms with E-state index in [4.69, 9.17) is 4.74 Å². The highest BCUT2D eigenvalue weighted by atomic mass is 79.9. The quantitative estimate of drug-likeness (QED) is 0.486. The molecule has 0 aliphatic heterocycles. The van der Waals surface area contributed by atoms with E-state index in [0.717, 1.165) is 15.9 Å². The van der Waals surface area contributed by atoms with E-state index in [2.05, 4.69) is 21.2 Å². The fourth-order valence-corrected chi connectivity index (χ4v) is 4.37. The summed E-state index contributed by atoms with van der Waals surface area (Å²) in [4.78, 5) is 38.1. The van der Waals surface area contributed by atoms with E-state index in [0.29, 0.717) is 10.4 Å². The second-order valence-electron chi connectivity index (χ2n) is 6.55. The summed E-state index contributed by atoms with van der Waals surface area (Å²) in [6.07, 6.45) is 1.34. The van der Waals surface area contributed by atoms with E-state index >= 15 is 0 Å². The molecule has 0 saturated carbocycles. The summed E-state index contributed by atoms with van der Waals surface area (Å²) < 4.78 is 33.3. The van der Waals surface area contributed by atoms with Crippen molar-refractivity contribution in [3.8, 4) is 0 Å². The van der Waals surface area contributed by atoms with Gasteiger partial charge in [0, 0.05) is 11.1 Å². The average Bonchev–Trinajstić information content (AvgIpc) is 3.17. The van der Waals surface area contributed by atoms with Gasteiger partial charge in [-0.05, 0) is 57.9 Å². The van der Waals surface area contributed by atoms with Gasteiger partial charge in [0.1, 0.15) is 5.56 Å². The number of nitrogens with zero attached hydrogens (tertiary/aromatic N) is 1.